The molecular formula is C4H6INO. The molecule has 0 bridgehead atoms. The fourth-order valence-electron chi connectivity index (χ4n) is 0.523. The van der Waals surface area contributed by atoms with Crippen molar-refractivity contribution < 1.29 is 4.79 Å². The summed E-state index contributed by atoms with van der Waals surface area (Å²) in [5.74, 6) is 0.196. The highest BCUT2D eigenvalue weighted by Crippen LogP contribution is 2.05. The zero-order chi connectivity index (χ0) is 5.28. The second-order valence-electron chi connectivity index (χ2n) is 1.62. The summed E-state index contributed by atoms with van der Waals surface area (Å²) in [4.78, 5) is 10.2. The van der Waals surface area contributed by atoms with Crippen LogP contribution in [0.4, 0.5) is 0 Å². The van der Waals surface area contributed by atoms with Crippen molar-refractivity contribution in [3.8, 4) is 0 Å². The van der Waals surface area contributed by atoms with E-state index >= 15 is 0 Å². The van der Waals surface area contributed by atoms with Crippen LogP contribution in [0, 0.1) is 0 Å². The molecule has 1 N–H and O–H groups in total. The molecule has 1 heterocycles. The zero-order valence-electron chi connectivity index (χ0n) is 3.78. The molecule has 2 nitrogen and oxygen atoms in total. The van der Waals surface area contributed by atoms with Crippen molar-refractivity contribution in [2.45, 2.75) is 12.5 Å². The minimum absolute atomic E-state index is 0.196. The first kappa shape index (κ1) is 5.34. The Kier molecular flexibility index (Phi) is 1.51. The van der Waals surface area contributed by atoms with Gasteiger partial charge in [0.05, 0.1) is 0 Å². The van der Waals surface area contributed by atoms with Crippen LogP contribution in [-0.4, -0.2) is 16.4 Å². The average Bonchev–Trinajstić information content (AvgIpc) is 1.58. The van der Waals surface area contributed by atoms with Gasteiger partial charge in [-0.1, -0.05) is 22.6 Å². The molecule has 1 aliphatic heterocycles. The molecule has 1 fully saturated rings. The van der Waals surface area contributed by atoms with Gasteiger partial charge in [0.2, 0.25) is 5.91 Å². The lowest BCUT2D eigenvalue weighted by Gasteiger charge is -2.24. The molecule has 0 aromatic carbocycles. The monoisotopic (exact) mass is 211 g/mol. The van der Waals surface area contributed by atoms with Crippen molar-refractivity contribution in [2.24, 2.45) is 0 Å². The number of amides is 1. The lowest BCUT2D eigenvalue weighted by Crippen LogP contribution is -2.49. The molecule has 1 aliphatic rings. The Morgan fingerprint density at radius 1 is 2.00 bits per heavy atom. The normalized spacial score (nSPS) is 28.7. The van der Waals surface area contributed by atoms with Gasteiger partial charge in [0.25, 0.3) is 0 Å². The van der Waals surface area contributed by atoms with Gasteiger partial charge in [-0.2, -0.15) is 0 Å². The summed E-state index contributed by atoms with van der Waals surface area (Å²) in [7, 11) is 0. The van der Waals surface area contributed by atoms with Crippen LogP contribution in [0.2, 0.25) is 0 Å². The molecule has 0 spiro atoms. The van der Waals surface area contributed by atoms with E-state index in [1.807, 2.05) is 0 Å². The molecule has 7 heavy (non-hydrogen) atoms. The number of carbonyl (C=O) groups is 1. The predicted molar refractivity (Wildman–Crippen MR) is 35.4 cm³/mol. The van der Waals surface area contributed by atoms with E-state index in [-0.39, 0.29) is 5.91 Å². The number of hydrogen-bond donors (Lipinski definition) is 1. The van der Waals surface area contributed by atoms with E-state index in [9.17, 15) is 4.79 Å². The van der Waals surface area contributed by atoms with Crippen LogP contribution in [0.3, 0.4) is 0 Å². The van der Waals surface area contributed by atoms with Gasteiger partial charge in [0.1, 0.15) is 0 Å². The van der Waals surface area contributed by atoms with Crippen molar-refractivity contribution in [2.75, 3.05) is 4.43 Å². The summed E-state index contributed by atoms with van der Waals surface area (Å²) in [5, 5.41) is 2.75. The molecule has 1 saturated heterocycles. The number of hydrogen-bond acceptors (Lipinski definition) is 1. The van der Waals surface area contributed by atoms with Gasteiger partial charge < -0.3 is 5.32 Å². The molecule has 0 aromatic rings. The fraction of sp³-hybridized carbons (Fsp3) is 0.750. The van der Waals surface area contributed by atoms with Crippen LogP contribution < -0.4 is 5.32 Å². The molecule has 0 saturated carbocycles. The number of β-lactam (4-membered cyclic amide) rings is 1. The number of rotatable bonds is 1. The molecule has 0 aromatic heterocycles. The van der Waals surface area contributed by atoms with Crippen LogP contribution in [0.5, 0.6) is 0 Å². The molecule has 1 atom stereocenters. The average molecular weight is 211 g/mol. The first-order valence-electron chi connectivity index (χ1n) is 2.18. The molecule has 0 aliphatic carbocycles. The molecule has 1 amide bonds. The maximum Gasteiger partial charge on any atom is 0.222 e. The van der Waals surface area contributed by atoms with Crippen molar-refractivity contribution in [3.05, 3.63) is 0 Å². The van der Waals surface area contributed by atoms with Gasteiger partial charge in [-0.15, -0.1) is 0 Å². The lowest BCUT2D eigenvalue weighted by atomic mass is 10.1. The third-order valence-electron chi connectivity index (χ3n) is 0.983. The van der Waals surface area contributed by atoms with Crippen LogP contribution in [0.25, 0.3) is 0 Å². The van der Waals surface area contributed by atoms with Crippen LogP contribution in [0.15, 0.2) is 0 Å². The second-order valence-corrected chi connectivity index (χ2v) is 2.50. The highest BCUT2D eigenvalue weighted by molar-refractivity contribution is 14.1. The first-order valence-corrected chi connectivity index (χ1v) is 3.71. The minimum atomic E-state index is 0.196. The molecule has 3 heteroatoms. The van der Waals surface area contributed by atoms with Crippen LogP contribution in [-0.2, 0) is 4.79 Å². The SMILES string of the molecule is O=C1C[C@H](CI)N1. The summed E-state index contributed by atoms with van der Waals surface area (Å²) in [5.41, 5.74) is 0. The lowest BCUT2D eigenvalue weighted by molar-refractivity contribution is -0.127. The summed E-state index contributed by atoms with van der Waals surface area (Å²) < 4.78 is 1.05. The Hall–Kier alpha value is 0.200. The standard InChI is InChI=1S/C4H6INO/c5-2-3-1-4(7)6-3/h3H,1-2H2,(H,6,7)/t3-/m1/s1. The Bertz CT molecular complexity index is 85.7. The molecule has 0 unspecified atom stereocenters. The molecule has 1 rings (SSSR count). The van der Waals surface area contributed by atoms with Gasteiger partial charge in [-0.25, -0.2) is 0 Å². The fourth-order valence-corrected chi connectivity index (χ4v) is 1.06. The van der Waals surface area contributed by atoms with Crippen molar-refractivity contribution in [1.82, 2.24) is 5.32 Å². The Morgan fingerprint density at radius 3 is 2.71 bits per heavy atom. The third-order valence-corrected chi connectivity index (χ3v) is 2.05. The van der Waals surface area contributed by atoms with E-state index in [1.54, 1.807) is 0 Å². The van der Waals surface area contributed by atoms with Gasteiger partial charge in [0, 0.05) is 16.9 Å². The quantitative estimate of drug-likeness (QED) is 0.377. The molecular weight excluding hydrogens is 205 g/mol. The summed E-state index contributed by atoms with van der Waals surface area (Å²) >= 11 is 2.26. The number of carbonyl (C=O) groups excluding carboxylic acids is 1. The Labute approximate surface area is 55.8 Å². The van der Waals surface area contributed by atoms with E-state index in [0.29, 0.717) is 6.04 Å². The van der Waals surface area contributed by atoms with Gasteiger partial charge in [-0.3, -0.25) is 4.79 Å². The van der Waals surface area contributed by atoms with Crippen LogP contribution in [0.1, 0.15) is 6.42 Å². The summed E-state index contributed by atoms with van der Waals surface area (Å²) in [6.45, 7) is 0. The number of nitrogens with one attached hydrogen (secondary N) is 1. The number of alkyl halides is 1. The van der Waals surface area contributed by atoms with E-state index in [0.717, 1.165) is 10.8 Å². The maximum atomic E-state index is 10.2. The topological polar surface area (TPSA) is 29.1 Å². The Morgan fingerprint density at radius 2 is 2.57 bits per heavy atom. The highest BCUT2D eigenvalue weighted by Gasteiger charge is 2.22. The summed E-state index contributed by atoms with van der Waals surface area (Å²) in [6, 6.07) is 0.480. The van der Waals surface area contributed by atoms with E-state index < -0.39 is 0 Å². The third kappa shape index (κ3) is 1.05. The molecule has 40 valence electrons. The second kappa shape index (κ2) is 1.98. The van der Waals surface area contributed by atoms with Crippen molar-refractivity contribution >= 4 is 28.5 Å². The molecule has 0 radical (unpaired) electrons. The predicted octanol–water partition coefficient (Wildman–Crippen LogP) is 0.310. The van der Waals surface area contributed by atoms with Gasteiger partial charge in [0.15, 0.2) is 0 Å². The smallest absolute Gasteiger partial charge is 0.222 e. The van der Waals surface area contributed by atoms with E-state index in [4.69, 9.17) is 0 Å². The van der Waals surface area contributed by atoms with Crippen molar-refractivity contribution in [1.29, 1.82) is 0 Å². The van der Waals surface area contributed by atoms with E-state index in [1.165, 1.54) is 0 Å². The largest absolute Gasteiger partial charge is 0.352 e. The Balaban J connectivity index is 2.17. The highest BCUT2D eigenvalue weighted by atomic mass is 127. The summed E-state index contributed by atoms with van der Waals surface area (Å²) in [6.07, 6.45) is 0.739. The first-order chi connectivity index (χ1) is 3.33. The number of halogens is 1. The van der Waals surface area contributed by atoms with Gasteiger partial charge in [-0.05, 0) is 0 Å². The minimum Gasteiger partial charge on any atom is -0.352 e. The maximum absolute atomic E-state index is 10.2. The van der Waals surface area contributed by atoms with Crippen LogP contribution >= 0.6 is 22.6 Å². The van der Waals surface area contributed by atoms with Gasteiger partial charge >= 0.3 is 0 Å². The van der Waals surface area contributed by atoms with E-state index in [2.05, 4.69) is 27.9 Å². The zero-order valence-corrected chi connectivity index (χ0v) is 5.94. The van der Waals surface area contributed by atoms with Crippen molar-refractivity contribution in [3.63, 3.8) is 0 Å².